The number of nitrogens with zero attached hydrogens (tertiary/aromatic N) is 4. The van der Waals surface area contributed by atoms with Gasteiger partial charge in [0, 0.05) is 18.5 Å². The zero-order valence-corrected chi connectivity index (χ0v) is 21.4. The van der Waals surface area contributed by atoms with Gasteiger partial charge in [-0.2, -0.15) is 5.21 Å². The molecule has 0 saturated carbocycles. The fraction of sp³-hybridized carbons (Fsp3) is 0.444. The van der Waals surface area contributed by atoms with E-state index in [2.05, 4.69) is 34.1 Å². The number of aromatic amines is 1. The fourth-order valence-electron chi connectivity index (χ4n) is 3.79. The van der Waals surface area contributed by atoms with E-state index in [4.69, 9.17) is 0 Å². The monoisotopic (exact) mass is 479 g/mol. The molecule has 2 rings (SSSR count). The van der Waals surface area contributed by atoms with Gasteiger partial charge in [0.1, 0.15) is 6.04 Å². The Morgan fingerprint density at radius 2 is 1.83 bits per heavy atom. The Hall–Kier alpha value is -3.55. The van der Waals surface area contributed by atoms with Crippen LogP contribution in [0.25, 0.3) is 11.1 Å². The van der Waals surface area contributed by atoms with Gasteiger partial charge in [-0.3, -0.25) is 4.79 Å². The third kappa shape index (κ3) is 8.02. The molecular formula is C27H37N5O3. The van der Waals surface area contributed by atoms with Crippen LogP contribution in [0.3, 0.4) is 0 Å². The number of unbranched alkanes of at least 4 members (excludes halogenated alkanes) is 2. The maximum absolute atomic E-state index is 13.0. The van der Waals surface area contributed by atoms with Crippen LogP contribution in [0.4, 0.5) is 0 Å². The second-order valence-corrected chi connectivity index (χ2v) is 9.24. The van der Waals surface area contributed by atoms with Crippen LogP contribution in [0.5, 0.6) is 0 Å². The number of carboxylic acid groups (broad SMARTS) is 1. The van der Waals surface area contributed by atoms with Crippen LogP contribution in [-0.4, -0.2) is 48.5 Å². The number of aromatic nitrogens is 4. The molecular weight excluding hydrogens is 442 g/mol. The van der Waals surface area contributed by atoms with Gasteiger partial charge in [-0.15, -0.1) is 10.2 Å². The van der Waals surface area contributed by atoms with Crippen molar-refractivity contribution in [2.45, 2.75) is 72.9 Å². The summed E-state index contributed by atoms with van der Waals surface area (Å²) in [7, 11) is 0. The van der Waals surface area contributed by atoms with Crippen LogP contribution in [0.15, 0.2) is 48.6 Å². The molecule has 1 unspecified atom stereocenters. The van der Waals surface area contributed by atoms with Gasteiger partial charge in [0.05, 0.1) is 0 Å². The van der Waals surface area contributed by atoms with Crippen molar-refractivity contribution in [2.75, 3.05) is 0 Å². The number of carbonyl (C=O) groups excluding carboxylic acids is 1. The van der Waals surface area contributed by atoms with Crippen molar-refractivity contribution in [3.8, 4) is 0 Å². The largest absolute Gasteiger partial charge is 0.480 e. The van der Waals surface area contributed by atoms with Gasteiger partial charge in [0.2, 0.25) is 11.7 Å². The van der Waals surface area contributed by atoms with Crippen molar-refractivity contribution in [1.82, 2.24) is 25.5 Å². The third-order valence-corrected chi connectivity index (χ3v) is 5.68. The summed E-state index contributed by atoms with van der Waals surface area (Å²) in [6, 6.07) is 6.76. The molecule has 0 saturated heterocycles. The van der Waals surface area contributed by atoms with E-state index >= 15 is 0 Å². The van der Waals surface area contributed by atoms with Crippen molar-refractivity contribution < 1.29 is 14.7 Å². The number of aliphatic carboxylic acids is 1. The first-order chi connectivity index (χ1) is 16.6. The number of hydrogen-bond donors (Lipinski definition) is 2. The van der Waals surface area contributed by atoms with Crippen LogP contribution in [0.1, 0.15) is 77.3 Å². The summed E-state index contributed by atoms with van der Waals surface area (Å²) in [4.78, 5) is 26.5. The summed E-state index contributed by atoms with van der Waals surface area (Å²) in [6.07, 6.45) is 6.92. The van der Waals surface area contributed by atoms with E-state index in [0.29, 0.717) is 12.2 Å². The highest BCUT2D eigenvalue weighted by Gasteiger charge is 2.32. The number of H-pyrrole nitrogens is 1. The molecule has 188 valence electrons. The molecule has 0 spiro atoms. The Morgan fingerprint density at radius 3 is 2.34 bits per heavy atom. The number of allylic oxidation sites excluding steroid dienone is 5. The van der Waals surface area contributed by atoms with E-state index in [1.54, 1.807) is 0 Å². The molecule has 2 N–H and O–H groups in total. The van der Waals surface area contributed by atoms with E-state index in [1.165, 1.54) is 4.90 Å². The molecule has 8 nitrogen and oxygen atoms in total. The number of tetrazole rings is 1. The van der Waals surface area contributed by atoms with Crippen LogP contribution in [-0.2, 0) is 16.1 Å². The Morgan fingerprint density at radius 1 is 1.14 bits per heavy atom. The maximum atomic E-state index is 13.0. The molecule has 2 aromatic rings. The summed E-state index contributed by atoms with van der Waals surface area (Å²) in [6.45, 7) is 14.2. The summed E-state index contributed by atoms with van der Waals surface area (Å²) in [5, 5.41) is 24.2. The zero-order valence-electron chi connectivity index (χ0n) is 21.4. The number of carbonyl (C=O) groups is 2. The van der Waals surface area contributed by atoms with Crippen LogP contribution in [0, 0.1) is 5.92 Å². The number of benzene rings is 1. The van der Waals surface area contributed by atoms with E-state index in [9.17, 15) is 14.7 Å². The molecule has 8 heteroatoms. The number of hydrogen-bond acceptors (Lipinski definition) is 5. The molecule has 1 aromatic carbocycles. The van der Waals surface area contributed by atoms with Crippen molar-refractivity contribution in [1.29, 1.82) is 0 Å². The minimum absolute atomic E-state index is 0.128. The first kappa shape index (κ1) is 27.7. The third-order valence-electron chi connectivity index (χ3n) is 5.68. The molecule has 0 aliphatic carbocycles. The Bertz CT molecular complexity index is 1050. The van der Waals surface area contributed by atoms with Crippen molar-refractivity contribution in [2.24, 2.45) is 5.92 Å². The highest BCUT2D eigenvalue weighted by Crippen LogP contribution is 2.28. The first-order valence-corrected chi connectivity index (χ1v) is 12.1. The molecule has 1 atom stereocenters. The lowest BCUT2D eigenvalue weighted by atomic mass is 9.96. The number of carboxylic acids is 1. The minimum Gasteiger partial charge on any atom is -0.480 e. The van der Waals surface area contributed by atoms with Crippen molar-refractivity contribution in [3.63, 3.8) is 0 Å². The Labute approximate surface area is 207 Å². The average molecular weight is 480 g/mol. The Kier molecular flexibility index (Phi) is 10.6. The molecule has 0 aliphatic heterocycles. The average Bonchev–Trinajstić information content (AvgIpc) is 3.33. The van der Waals surface area contributed by atoms with Gasteiger partial charge >= 0.3 is 5.97 Å². The molecule has 0 fully saturated rings. The number of nitrogens with one attached hydrogen (secondary N) is 1. The normalized spacial score (nSPS) is 12.3. The lowest BCUT2D eigenvalue weighted by Gasteiger charge is -2.32. The van der Waals surface area contributed by atoms with Gasteiger partial charge in [-0.1, -0.05) is 82.2 Å². The second kappa shape index (κ2) is 13.4. The summed E-state index contributed by atoms with van der Waals surface area (Å²) >= 11 is 0. The standard InChI is InChI=1S/C27H37N5O3/c1-7-8-9-10-24(33)32(25(19(4)5)27(34)35)17-21-12-14-22(15-13-21)20(6)23(16-11-18(2)3)26-28-30-31-29-26/h11-16,19,25H,6-10,17H2,1-5H3,(H,34,35)(H,28,29,30,31)/b23-16+. The Balaban J connectivity index is 2.30. The molecule has 1 heterocycles. The van der Waals surface area contributed by atoms with Gasteiger partial charge in [-0.25, -0.2) is 4.79 Å². The smallest absolute Gasteiger partial charge is 0.326 e. The quantitative estimate of drug-likeness (QED) is 0.299. The molecule has 1 amide bonds. The van der Waals surface area contributed by atoms with Gasteiger partial charge in [-0.05, 0) is 48.1 Å². The molecule has 0 bridgehead atoms. The van der Waals surface area contributed by atoms with Crippen molar-refractivity contribution in [3.05, 3.63) is 65.5 Å². The first-order valence-electron chi connectivity index (χ1n) is 12.1. The lowest BCUT2D eigenvalue weighted by Crippen LogP contribution is -2.47. The zero-order chi connectivity index (χ0) is 26.0. The molecule has 35 heavy (non-hydrogen) atoms. The summed E-state index contributed by atoms with van der Waals surface area (Å²) < 4.78 is 0. The predicted octanol–water partition coefficient (Wildman–Crippen LogP) is 5.28. The van der Waals surface area contributed by atoms with Crippen LogP contribution in [0.2, 0.25) is 0 Å². The van der Waals surface area contributed by atoms with Crippen LogP contribution < -0.4 is 0 Å². The van der Waals surface area contributed by atoms with Gasteiger partial charge in [0.25, 0.3) is 0 Å². The highest BCUT2D eigenvalue weighted by atomic mass is 16.4. The lowest BCUT2D eigenvalue weighted by molar-refractivity contribution is -0.153. The number of amides is 1. The van der Waals surface area contributed by atoms with E-state index < -0.39 is 12.0 Å². The van der Waals surface area contributed by atoms with E-state index in [0.717, 1.165) is 47.1 Å². The van der Waals surface area contributed by atoms with E-state index in [-0.39, 0.29) is 18.4 Å². The van der Waals surface area contributed by atoms with Crippen LogP contribution >= 0.6 is 0 Å². The number of rotatable bonds is 13. The predicted molar refractivity (Wildman–Crippen MR) is 138 cm³/mol. The summed E-state index contributed by atoms with van der Waals surface area (Å²) in [5.74, 6) is -0.874. The minimum atomic E-state index is -0.983. The van der Waals surface area contributed by atoms with Gasteiger partial charge in [0.15, 0.2) is 0 Å². The fourth-order valence-corrected chi connectivity index (χ4v) is 3.79. The topological polar surface area (TPSA) is 112 Å². The highest BCUT2D eigenvalue weighted by molar-refractivity contribution is 6.02. The van der Waals surface area contributed by atoms with Gasteiger partial charge < -0.3 is 10.0 Å². The maximum Gasteiger partial charge on any atom is 0.326 e. The molecule has 0 aliphatic rings. The second-order valence-electron chi connectivity index (χ2n) is 9.24. The SMILES string of the molecule is C=C(/C(=C\C=C(C)C)c1nn[nH]n1)c1ccc(CN(C(=O)CCCCC)C(C(=O)O)C(C)C)cc1. The molecule has 1 aromatic heterocycles. The van der Waals surface area contributed by atoms with Crippen molar-refractivity contribution >= 4 is 23.0 Å². The molecule has 0 radical (unpaired) electrons. The van der Waals surface area contributed by atoms with E-state index in [1.807, 2.05) is 64.1 Å². The summed E-state index contributed by atoms with van der Waals surface area (Å²) in [5.41, 5.74) is 4.31.